The molecule has 0 aliphatic carbocycles. The third-order valence-electron chi connectivity index (χ3n) is 4.71. The van der Waals surface area contributed by atoms with Gasteiger partial charge in [-0.3, -0.25) is 10.1 Å². The van der Waals surface area contributed by atoms with Crippen LogP contribution in [0.2, 0.25) is 0 Å². The Balaban J connectivity index is 1.60. The molecule has 1 fully saturated rings. The van der Waals surface area contributed by atoms with Crippen molar-refractivity contribution in [3.8, 4) is 0 Å². The first-order chi connectivity index (χ1) is 13.0. The molecule has 3 rings (SSSR count). The molecular formula is C19H23N3O4S. The lowest BCUT2D eigenvalue weighted by molar-refractivity contribution is -0.387. The Bertz CT molecular complexity index is 891. The fourth-order valence-corrected chi connectivity index (χ4v) is 4.47. The number of benzene rings is 2. The summed E-state index contributed by atoms with van der Waals surface area (Å²) < 4.78 is 27.2. The summed E-state index contributed by atoms with van der Waals surface area (Å²) in [5.41, 5.74) is 1.79. The molecule has 0 bridgehead atoms. The first-order valence-electron chi connectivity index (χ1n) is 9.04. The summed E-state index contributed by atoms with van der Waals surface area (Å²) in [6.45, 7) is 2.33. The van der Waals surface area contributed by atoms with Crippen LogP contribution in [0.5, 0.6) is 0 Å². The standard InChI is InChI=1S/C19H23N3O4S/c23-22(24)18-6-2-3-7-19(18)27(25,26)20-13-12-16-8-10-17(11-9-16)21-14-4-1-5-15-21/h2-3,6-11,20H,1,4-5,12-15H2. The molecule has 144 valence electrons. The molecule has 2 aromatic carbocycles. The summed E-state index contributed by atoms with van der Waals surface area (Å²) in [5, 5.41) is 11.0. The van der Waals surface area contributed by atoms with Gasteiger partial charge in [0.2, 0.25) is 10.0 Å². The third-order valence-corrected chi connectivity index (χ3v) is 6.22. The van der Waals surface area contributed by atoms with Crippen LogP contribution in [0.15, 0.2) is 53.4 Å². The van der Waals surface area contributed by atoms with Gasteiger partial charge in [-0.05, 0) is 49.4 Å². The zero-order chi connectivity index (χ0) is 19.3. The van der Waals surface area contributed by atoms with Gasteiger partial charge in [-0.15, -0.1) is 0 Å². The highest BCUT2D eigenvalue weighted by molar-refractivity contribution is 7.89. The van der Waals surface area contributed by atoms with Gasteiger partial charge >= 0.3 is 0 Å². The molecular weight excluding hydrogens is 366 g/mol. The number of sulfonamides is 1. The zero-order valence-corrected chi connectivity index (χ0v) is 15.8. The minimum Gasteiger partial charge on any atom is -0.372 e. The van der Waals surface area contributed by atoms with Crippen molar-refractivity contribution in [3.05, 3.63) is 64.2 Å². The lowest BCUT2D eigenvalue weighted by Crippen LogP contribution is -2.29. The molecule has 0 aromatic heterocycles. The SMILES string of the molecule is O=[N+]([O-])c1ccccc1S(=O)(=O)NCCc1ccc(N2CCCCC2)cc1. The number of piperidine rings is 1. The van der Waals surface area contributed by atoms with Gasteiger partial charge in [-0.2, -0.15) is 0 Å². The highest BCUT2D eigenvalue weighted by Gasteiger charge is 2.24. The van der Waals surface area contributed by atoms with E-state index < -0.39 is 20.6 Å². The van der Waals surface area contributed by atoms with Gasteiger partial charge in [-0.1, -0.05) is 24.3 Å². The number of nitro groups is 1. The van der Waals surface area contributed by atoms with Crippen LogP contribution >= 0.6 is 0 Å². The molecule has 2 aromatic rings. The molecule has 1 aliphatic rings. The number of nitrogens with one attached hydrogen (secondary N) is 1. The maximum atomic E-state index is 12.4. The second kappa shape index (κ2) is 8.49. The summed E-state index contributed by atoms with van der Waals surface area (Å²) in [6, 6.07) is 13.5. The van der Waals surface area contributed by atoms with E-state index in [-0.39, 0.29) is 11.4 Å². The average molecular weight is 389 g/mol. The van der Waals surface area contributed by atoms with E-state index in [1.165, 1.54) is 49.2 Å². The van der Waals surface area contributed by atoms with Crippen LogP contribution in [-0.4, -0.2) is 33.0 Å². The molecule has 0 spiro atoms. The highest BCUT2D eigenvalue weighted by Crippen LogP contribution is 2.23. The minimum atomic E-state index is -3.93. The predicted molar refractivity (Wildman–Crippen MR) is 104 cm³/mol. The second-order valence-electron chi connectivity index (χ2n) is 6.59. The maximum absolute atomic E-state index is 12.4. The fourth-order valence-electron chi connectivity index (χ4n) is 3.27. The first-order valence-corrected chi connectivity index (χ1v) is 10.5. The van der Waals surface area contributed by atoms with Crippen LogP contribution in [-0.2, 0) is 16.4 Å². The molecule has 1 aliphatic heterocycles. The summed E-state index contributed by atoms with van der Waals surface area (Å²) in [6.07, 6.45) is 4.23. The molecule has 1 N–H and O–H groups in total. The lowest BCUT2D eigenvalue weighted by Gasteiger charge is -2.28. The van der Waals surface area contributed by atoms with E-state index in [9.17, 15) is 18.5 Å². The molecule has 27 heavy (non-hydrogen) atoms. The number of hydrogen-bond donors (Lipinski definition) is 1. The lowest BCUT2D eigenvalue weighted by atomic mass is 10.1. The van der Waals surface area contributed by atoms with Crippen molar-refractivity contribution in [2.45, 2.75) is 30.6 Å². The molecule has 0 atom stereocenters. The van der Waals surface area contributed by atoms with Gasteiger partial charge in [0.15, 0.2) is 4.90 Å². The number of rotatable bonds is 7. The summed E-state index contributed by atoms with van der Waals surface area (Å²) in [7, 11) is -3.93. The quantitative estimate of drug-likeness (QED) is 0.580. The van der Waals surface area contributed by atoms with Crippen molar-refractivity contribution >= 4 is 21.4 Å². The Morgan fingerprint density at radius 2 is 1.67 bits per heavy atom. The van der Waals surface area contributed by atoms with Crippen molar-refractivity contribution in [2.75, 3.05) is 24.5 Å². The van der Waals surface area contributed by atoms with Crippen LogP contribution in [0.4, 0.5) is 11.4 Å². The van der Waals surface area contributed by atoms with Gasteiger partial charge < -0.3 is 4.90 Å². The van der Waals surface area contributed by atoms with Gasteiger partial charge in [0.25, 0.3) is 5.69 Å². The van der Waals surface area contributed by atoms with Crippen LogP contribution in [0, 0.1) is 10.1 Å². The van der Waals surface area contributed by atoms with Crippen molar-refractivity contribution in [1.29, 1.82) is 0 Å². The Kier molecular flexibility index (Phi) is 6.08. The van der Waals surface area contributed by atoms with Crippen LogP contribution in [0.3, 0.4) is 0 Å². The Hall–Kier alpha value is -2.45. The van der Waals surface area contributed by atoms with Crippen molar-refractivity contribution in [1.82, 2.24) is 4.72 Å². The summed E-state index contributed by atoms with van der Waals surface area (Å²) in [5.74, 6) is 0. The fraction of sp³-hybridized carbons (Fsp3) is 0.368. The molecule has 1 saturated heterocycles. The molecule has 0 radical (unpaired) electrons. The Morgan fingerprint density at radius 3 is 2.33 bits per heavy atom. The van der Waals surface area contributed by atoms with E-state index in [1.54, 1.807) is 0 Å². The number of nitrogens with zero attached hydrogens (tertiary/aromatic N) is 2. The number of nitro benzene ring substituents is 1. The Labute approximate surface area is 159 Å². The van der Waals surface area contributed by atoms with E-state index in [0.29, 0.717) is 6.42 Å². The second-order valence-corrected chi connectivity index (χ2v) is 8.32. The molecule has 1 heterocycles. The third kappa shape index (κ3) is 4.84. The van der Waals surface area contributed by atoms with Gasteiger partial charge in [0.1, 0.15) is 0 Å². The van der Waals surface area contributed by atoms with Gasteiger partial charge in [-0.25, -0.2) is 13.1 Å². The molecule has 0 unspecified atom stereocenters. The average Bonchev–Trinajstić information content (AvgIpc) is 2.69. The van der Waals surface area contributed by atoms with Crippen LogP contribution < -0.4 is 9.62 Å². The van der Waals surface area contributed by atoms with Gasteiger partial charge in [0, 0.05) is 31.4 Å². The molecule has 0 amide bonds. The number of para-hydroxylation sites is 1. The molecule has 7 nitrogen and oxygen atoms in total. The largest absolute Gasteiger partial charge is 0.372 e. The monoisotopic (exact) mass is 389 g/mol. The normalized spacial score (nSPS) is 14.9. The van der Waals surface area contributed by atoms with E-state index in [2.05, 4.69) is 21.8 Å². The number of anilines is 1. The predicted octanol–water partition coefficient (Wildman–Crippen LogP) is 3.11. The smallest absolute Gasteiger partial charge is 0.289 e. The summed E-state index contributed by atoms with van der Waals surface area (Å²) in [4.78, 5) is 12.4. The number of hydrogen-bond acceptors (Lipinski definition) is 5. The zero-order valence-electron chi connectivity index (χ0n) is 15.0. The highest BCUT2D eigenvalue weighted by atomic mass is 32.2. The molecule has 8 heteroatoms. The van der Waals surface area contributed by atoms with Gasteiger partial charge in [0.05, 0.1) is 4.92 Å². The van der Waals surface area contributed by atoms with Crippen LogP contribution in [0.1, 0.15) is 24.8 Å². The van der Waals surface area contributed by atoms with E-state index >= 15 is 0 Å². The summed E-state index contributed by atoms with van der Waals surface area (Å²) >= 11 is 0. The van der Waals surface area contributed by atoms with Crippen molar-refractivity contribution in [3.63, 3.8) is 0 Å². The first kappa shape index (κ1) is 19.3. The van der Waals surface area contributed by atoms with E-state index in [1.807, 2.05) is 12.1 Å². The minimum absolute atomic E-state index is 0.178. The van der Waals surface area contributed by atoms with Crippen molar-refractivity contribution in [2.24, 2.45) is 0 Å². The Morgan fingerprint density at radius 1 is 1.00 bits per heavy atom. The topological polar surface area (TPSA) is 92.5 Å². The van der Waals surface area contributed by atoms with E-state index in [0.717, 1.165) is 18.7 Å². The van der Waals surface area contributed by atoms with Crippen LogP contribution in [0.25, 0.3) is 0 Å². The maximum Gasteiger partial charge on any atom is 0.289 e. The molecule has 0 saturated carbocycles. The van der Waals surface area contributed by atoms with Crippen molar-refractivity contribution < 1.29 is 13.3 Å². The van der Waals surface area contributed by atoms with E-state index in [4.69, 9.17) is 0 Å².